The van der Waals surface area contributed by atoms with Crippen LogP contribution in [-0.4, -0.2) is 71.2 Å². The van der Waals surface area contributed by atoms with E-state index in [2.05, 4.69) is 50.4 Å². The number of nitrogens with one attached hydrogen (secondary N) is 1. The van der Waals surface area contributed by atoms with Crippen molar-refractivity contribution in [3.05, 3.63) is 47.5 Å². The van der Waals surface area contributed by atoms with Crippen molar-refractivity contribution in [3.63, 3.8) is 0 Å². The van der Waals surface area contributed by atoms with E-state index in [1.165, 1.54) is 5.56 Å². The van der Waals surface area contributed by atoms with Gasteiger partial charge in [-0.3, -0.25) is 19.2 Å². The molecule has 4 aliphatic carbocycles. The summed E-state index contributed by atoms with van der Waals surface area (Å²) in [6.45, 7) is 9.02. The Morgan fingerprint density at radius 1 is 1.02 bits per heavy atom. The van der Waals surface area contributed by atoms with Crippen LogP contribution in [0.2, 0.25) is 0 Å². The van der Waals surface area contributed by atoms with E-state index in [0.29, 0.717) is 31.9 Å². The molecule has 1 amide bonds. The summed E-state index contributed by atoms with van der Waals surface area (Å²) in [6, 6.07) is 10.4. The van der Waals surface area contributed by atoms with Crippen LogP contribution >= 0.6 is 0 Å². The van der Waals surface area contributed by atoms with Crippen molar-refractivity contribution in [1.29, 1.82) is 0 Å². The average Bonchev–Trinajstić information content (AvgIpc) is 3.37. The number of ether oxygens (including phenoxy) is 2. The van der Waals surface area contributed by atoms with Gasteiger partial charge < -0.3 is 25.0 Å². The third-order valence-electron chi connectivity index (χ3n) is 14.0. The first-order valence-corrected chi connectivity index (χ1v) is 19.0. The van der Waals surface area contributed by atoms with Gasteiger partial charge >= 0.3 is 5.97 Å². The Bertz CT molecular complexity index is 1490. The minimum atomic E-state index is -1.71. The van der Waals surface area contributed by atoms with Crippen LogP contribution in [0.4, 0.5) is 0 Å². The summed E-state index contributed by atoms with van der Waals surface area (Å²) >= 11 is 0. The second kappa shape index (κ2) is 14.3. The molecule has 3 saturated carbocycles. The van der Waals surface area contributed by atoms with E-state index in [-0.39, 0.29) is 72.1 Å². The molecule has 1 aliphatic heterocycles. The Morgan fingerprint density at radius 3 is 2.52 bits per heavy atom. The number of carbonyl (C=O) groups is 4. The number of esters is 1. The molecule has 5 aliphatic rings. The largest absolute Gasteiger partial charge is 0.458 e. The summed E-state index contributed by atoms with van der Waals surface area (Å²) in [4.78, 5) is 51.3. The van der Waals surface area contributed by atoms with E-state index < -0.39 is 35.5 Å². The molecule has 9 heteroatoms. The molecule has 0 aromatic heterocycles. The third kappa shape index (κ3) is 6.63. The highest BCUT2D eigenvalue weighted by molar-refractivity contribution is 5.92. The van der Waals surface area contributed by atoms with Gasteiger partial charge in [0.1, 0.15) is 5.60 Å². The highest BCUT2D eigenvalue weighted by atomic mass is 16.5. The van der Waals surface area contributed by atoms with Crippen LogP contribution in [0, 0.1) is 34.5 Å². The topological polar surface area (TPSA) is 139 Å². The number of fused-ring (bicyclic) bond motifs is 5. The van der Waals surface area contributed by atoms with Gasteiger partial charge in [-0.15, -0.1) is 0 Å². The fraction of sp³-hybridized carbons (Fsp3) is 0.707. The molecule has 1 aromatic rings. The van der Waals surface area contributed by atoms with Crippen LogP contribution < -0.4 is 5.32 Å². The Labute approximate surface area is 296 Å². The maximum absolute atomic E-state index is 13.6. The van der Waals surface area contributed by atoms with Gasteiger partial charge in [0.25, 0.3) is 0 Å². The van der Waals surface area contributed by atoms with Gasteiger partial charge in [-0.05, 0) is 98.5 Å². The molecule has 9 nitrogen and oxygen atoms in total. The molecule has 274 valence electrons. The monoisotopic (exact) mass is 691 g/mol. The van der Waals surface area contributed by atoms with Gasteiger partial charge in [-0.2, -0.15) is 0 Å². The lowest BCUT2D eigenvalue weighted by Crippen LogP contribution is -2.62. The Hall–Kier alpha value is -2.88. The normalized spacial score (nSPS) is 38.0. The first-order chi connectivity index (χ1) is 23.7. The lowest BCUT2D eigenvalue weighted by atomic mass is 9.45. The Kier molecular flexibility index (Phi) is 10.5. The van der Waals surface area contributed by atoms with Crippen LogP contribution in [0.5, 0.6) is 0 Å². The summed E-state index contributed by atoms with van der Waals surface area (Å²) in [5.41, 5.74) is -0.529. The van der Waals surface area contributed by atoms with Crippen molar-refractivity contribution in [3.8, 4) is 0 Å². The summed E-state index contributed by atoms with van der Waals surface area (Å²) in [5.74, 6) is -0.747. The van der Waals surface area contributed by atoms with E-state index in [1.807, 2.05) is 13.0 Å². The van der Waals surface area contributed by atoms with Gasteiger partial charge in [0, 0.05) is 36.8 Å². The molecule has 0 radical (unpaired) electrons. The van der Waals surface area contributed by atoms with E-state index in [9.17, 15) is 29.4 Å². The van der Waals surface area contributed by atoms with Crippen molar-refractivity contribution in [1.82, 2.24) is 5.32 Å². The third-order valence-corrected chi connectivity index (χ3v) is 14.0. The van der Waals surface area contributed by atoms with Crippen molar-refractivity contribution in [2.75, 3.05) is 19.8 Å². The number of amides is 1. The van der Waals surface area contributed by atoms with Crippen molar-refractivity contribution in [2.24, 2.45) is 34.5 Å². The molecule has 1 heterocycles. The molecular formula is C41H57NO8. The predicted molar refractivity (Wildman–Crippen MR) is 188 cm³/mol. The van der Waals surface area contributed by atoms with Crippen LogP contribution in [0.3, 0.4) is 0 Å². The minimum absolute atomic E-state index is 0.0207. The summed E-state index contributed by atoms with van der Waals surface area (Å²) in [7, 11) is 0. The Morgan fingerprint density at radius 2 is 1.78 bits per heavy atom. The number of hydrogen-bond acceptors (Lipinski definition) is 8. The van der Waals surface area contributed by atoms with Gasteiger partial charge in [0.05, 0.1) is 18.6 Å². The molecule has 9 atom stereocenters. The van der Waals surface area contributed by atoms with Crippen LogP contribution in [0.15, 0.2) is 42.0 Å². The summed E-state index contributed by atoms with van der Waals surface area (Å²) in [6.07, 6.45) is 7.56. The summed E-state index contributed by atoms with van der Waals surface area (Å²) < 4.78 is 11.4. The highest BCUT2D eigenvalue weighted by Crippen LogP contribution is 2.67. The summed E-state index contributed by atoms with van der Waals surface area (Å²) in [5, 5.41) is 26.6. The van der Waals surface area contributed by atoms with Gasteiger partial charge in [-0.1, -0.05) is 63.6 Å². The standard InChI is InChI=1S/C41H57NO8/c1-26(2)33-24-40(19-21-49-33,27-8-6-5-7-9-27)18-20-42-35(46)12-13-36(47)50-25-34(45)41(48)17-15-31-30-11-10-28-22-29(43)14-16-38(28,3)37(30)32(44)23-39(31,41)4/h5-9,22,26,30-33,37,44,48H,10-21,23-25H2,1-4H3,(H,42,46)/t30?,31?,32-,33?,37?,38-,39-,40?,41-/m0/s1. The Balaban J connectivity index is 0.996. The number of ketones is 2. The second-order valence-corrected chi connectivity index (χ2v) is 16.9. The predicted octanol–water partition coefficient (Wildman–Crippen LogP) is 5.39. The quantitative estimate of drug-likeness (QED) is 0.263. The number of rotatable bonds is 11. The minimum Gasteiger partial charge on any atom is -0.458 e. The molecule has 3 N–H and O–H groups in total. The van der Waals surface area contributed by atoms with Crippen LogP contribution in [-0.2, 0) is 34.1 Å². The number of carbonyl (C=O) groups excluding carboxylic acids is 4. The zero-order valence-corrected chi connectivity index (χ0v) is 30.4. The number of allylic oxidation sites excluding steroid dienone is 1. The fourth-order valence-electron chi connectivity index (χ4n) is 11.0. The zero-order valence-electron chi connectivity index (χ0n) is 30.4. The smallest absolute Gasteiger partial charge is 0.306 e. The van der Waals surface area contributed by atoms with Gasteiger partial charge in [0.2, 0.25) is 11.7 Å². The SMILES string of the molecule is CC(C)C1CC(CCNC(=O)CCC(=O)OCC(=O)[C@@]2(O)CCC3C4CCC5=CC(=O)CC[C@]5(C)C4[C@@H](O)C[C@@]32C)(c2ccccc2)CCO1. The highest BCUT2D eigenvalue weighted by Gasteiger charge is 2.68. The molecule has 50 heavy (non-hydrogen) atoms. The first-order valence-electron chi connectivity index (χ1n) is 19.0. The maximum atomic E-state index is 13.6. The first kappa shape index (κ1) is 36.9. The van der Waals surface area contributed by atoms with E-state index >= 15 is 0 Å². The molecule has 4 fully saturated rings. The molecule has 1 aromatic carbocycles. The average molecular weight is 692 g/mol. The van der Waals surface area contributed by atoms with E-state index in [1.54, 1.807) is 6.08 Å². The number of Topliss-reactive ketones (excluding diaryl/α,β-unsaturated/α-hetero) is 1. The van der Waals surface area contributed by atoms with E-state index in [0.717, 1.165) is 44.1 Å². The second-order valence-electron chi connectivity index (χ2n) is 16.9. The number of benzene rings is 1. The maximum Gasteiger partial charge on any atom is 0.306 e. The lowest BCUT2D eigenvalue weighted by molar-refractivity contribution is -0.184. The van der Waals surface area contributed by atoms with Gasteiger partial charge in [-0.25, -0.2) is 0 Å². The van der Waals surface area contributed by atoms with E-state index in [4.69, 9.17) is 9.47 Å². The molecule has 1 saturated heterocycles. The van der Waals surface area contributed by atoms with Crippen LogP contribution in [0.1, 0.15) is 110 Å². The van der Waals surface area contributed by atoms with Crippen molar-refractivity contribution >= 4 is 23.4 Å². The lowest BCUT2D eigenvalue weighted by Gasteiger charge is -2.60. The van der Waals surface area contributed by atoms with Crippen molar-refractivity contribution in [2.45, 2.75) is 128 Å². The van der Waals surface area contributed by atoms with Gasteiger partial charge in [0.15, 0.2) is 12.4 Å². The fourth-order valence-corrected chi connectivity index (χ4v) is 11.0. The molecule has 5 unspecified atom stereocenters. The molecular weight excluding hydrogens is 634 g/mol. The number of aliphatic hydroxyl groups excluding tert-OH is 1. The van der Waals surface area contributed by atoms with Crippen molar-refractivity contribution < 1.29 is 38.9 Å². The van der Waals surface area contributed by atoms with Crippen LogP contribution in [0.25, 0.3) is 0 Å². The number of aliphatic hydroxyl groups is 2. The zero-order chi connectivity index (χ0) is 35.9. The molecule has 0 spiro atoms. The molecule has 0 bridgehead atoms. The molecule has 6 rings (SSSR count). The number of hydrogen-bond donors (Lipinski definition) is 3.